The van der Waals surface area contributed by atoms with Crippen LogP contribution in [0.4, 0.5) is 26.3 Å². The Morgan fingerprint density at radius 2 is 1.43 bits per heavy atom. The van der Waals surface area contributed by atoms with Crippen molar-refractivity contribution >= 4 is 11.9 Å². The fourth-order valence-electron chi connectivity index (χ4n) is 1.83. The summed E-state index contributed by atoms with van der Waals surface area (Å²) in [5.74, 6) is -7.78. The van der Waals surface area contributed by atoms with Gasteiger partial charge in [0.05, 0.1) is 18.3 Å². The number of carboxylic acids is 1. The predicted molar refractivity (Wildman–Crippen MR) is 66.4 cm³/mol. The average Bonchev–Trinajstić information content (AvgIpc) is 2.21. The van der Waals surface area contributed by atoms with Gasteiger partial charge in [0.2, 0.25) is 0 Å². The van der Waals surface area contributed by atoms with Crippen LogP contribution in [0.3, 0.4) is 0 Å². The van der Waals surface area contributed by atoms with E-state index in [9.17, 15) is 35.9 Å². The van der Waals surface area contributed by atoms with Gasteiger partial charge in [-0.1, -0.05) is 0 Å². The molecule has 0 saturated carbocycles. The summed E-state index contributed by atoms with van der Waals surface area (Å²) in [5, 5.41) is 8.89. The summed E-state index contributed by atoms with van der Waals surface area (Å²) in [6.07, 6.45) is -14.3. The molecule has 10 heteroatoms. The Morgan fingerprint density at radius 3 is 1.74 bits per heavy atom. The van der Waals surface area contributed by atoms with Crippen molar-refractivity contribution in [3.05, 3.63) is 0 Å². The zero-order valence-corrected chi connectivity index (χ0v) is 12.7. The highest BCUT2D eigenvalue weighted by Gasteiger charge is 2.45. The lowest BCUT2D eigenvalue weighted by Crippen LogP contribution is -2.38. The Bertz CT molecular complexity index is 422. The minimum absolute atomic E-state index is 1.09. The molecule has 23 heavy (non-hydrogen) atoms. The Hall–Kier alpha value is -1.48. The van der Waals surface area contributed by atoms with Crippen LogP contribution in [-0.2, 0) is 14.3 Å². The van der Waals surface area contributed by atoms with Crippen molar-refractivity contribution in [1.82, 2.24) is 0 Å². The number of rotatable bonds is 6. The Balaban J connectivity index is 5.42. The Kier molecular flexibility index (Phi) is 6.92. The Labute approximate surface area is 128 Å². The number of carboxylic acid groups (broad SMARTS) is 1. The number of ether oxygens (including phenoxy) is 1. The highest BCUT2D eigenvalue weighted by Crippen LogP contribution is 2.35. The topological polar surface area (TPSA) is 63.6 Å². The monoisotopic (exact) mass is 352 g/mol. The SMILES string of the molecule is CC(C)(C)OC(=O)C(CCC(F)(F)F)C(CC(F)(F)F)C(=O)O. The first-order valence-corrected chi connectivity index (χ1v) is 6.61. The molecule has 136 valence electrons. The minimum Gasteiger partial charge on any atom is -0.481 e. The molecule has 0 aliphatic carbocycles. The van der Waals surface area contributed by atoms with E-state index in [4.69, 9.17) is 9.84 Å². The third-order valence-electron chi connectivity index (χ3n) is 2.70. The van der Waals surface area contributed by atoms with Crippen LogP contribution in [0.2, 0.25) is 0 Å². The summed E-state index contributed by atoms with van der Waals surface area (Å²) in [4.78, 5) is 22.9. The summed E-state index contributed by atoms with van der Waals surface area (Å²) in [5.41, 5.74) is -1.17. The average molecular weight is 352 g/mol. The molecule has 0 radical (unpaired) electrons. The highest BCUT2D eigenvalue weighted by molar-refractivity contribution is 5.81. The lowest BCUT2D eigenvalue weighted by Gasteiger charge is -2.28. The van der Waals surface area contributed by atoms with E-state index in [0.717, 1.165) is 0 Å². The summed E-state index contributed by atoms with van der Waals surface area (Å²) in [6, 6.07) is 0. The van der Waals surface area contributed by atoms with Gasteiger partial charge in [0, 0.05) is 6.42 Å². The van der Waals surface area contributed by atoms with Crippen LogP contribution in [0.1, 0.15) is 40.0 Å². The van der Waals surface area contributed by atoms with E-state index in [2.05, 4.69) is 0 Å². The minimum atomic E-state index is -4.94. The summed E-state index contributed by atoms with van der Waals surface area (Å²) < 4.78 is 79.1. The van der Waals surface area contributed by atoms with Crippen LogP contribution in [0, 0.1) is 11.8 Å². The van der Waals surface area contributed by atoms with Crippen LogP contribution in [0.25, 0.3) is 0 Å². The van der Waals surface area contributed by atoms with Gasteiger partial charge in [-0.05, 0) is 27.2 Å². The van der Waals surface area contributed by atoms with Crippen LogP contribution in [0.5, 0.6) is 0 Å². The summed E-state index contributed by atoms with van der Waals surface area (Å²) in [7, 11) is 0. The molecule has 2 atom stereocenters. The van der Waals surface area contributed by atoms with Gasteiger partial charge in [-0.3, -0.25) is 9.59 Å². The fraction of sp³-hybridized carbons (Fsp3) is 0.846. The molecule has 0 aromatic carbocycles. The number of aliphatic carboxylic acids is 1. The zero-order chi connectivity index (χ0) is 18.6. The summed E-state index contributed by atoms with van der Waals surface area (Å²) in [6.45, 7) is 4.10. The molecular formula is C13H18F6O4. The van der Waals surface area contributed by atoms with E-state index in [1.807, 2.05) is 0 Å². The van der Waals surface area contributed by atoms with E-state index in [-0.39, 0.29) is 0 Å². The van der Waals surface area contributed by atoms with Crippen molar-refractivity contribution < 1.29 is 45.8 Å². The maximum atomic E-state index is 12.5. The van der Waals surface area contributed by atoms with Crippen molar-refractivity contribution in [2.24, 2.45) is 11.8 Å². The highest BCUT2D eigenvalue weighted by atomic mass is 19.4. The largest absolute Gasteiger partial charge is 0.481 e. The third kappa shape index (κ3) is 10.0. The van der Waals surface area contributed by atoms with Gasteiger partial charge in [-0.15, -0.1) is 0 Å². The summed E-state index contributed by atoms with van der Waals surface area (Å²) >= 11 is 0. The van der Waals surface area contributed by atoms with Gasteiger partial charge in [0.25, 0.3) is 0 Å². The van der Waals surface area contributed by atoms with Crippen LogP contribution in [0.15, 0.2) is 0 Å². The Morgan fingerprint density at radius 1 is 0.957 bits per heavy atom. The van der Waals surface area contributed by atoms with Gasteiger partial charge >= 0.3 is 24.3 Å². The van der Waals surface area contributed by atoms with E-state index in [1.54, 1.807) is 0 Å². The van der Waals surface area contributed by atoms with Crippen molar-refractivity contribution in [2.75, 3.05) is 0 Å². The molecule has 0 bridgehead atoms. The first-order valence-electron chi connectivity index (χ1n) is 6.61. The third-order valence-corrected chi connectivity index (χ3v) is 2.70. The van der Waals surface area contributed by atoms with E-state index < -0.39 is 61.0 Å². The predicted octanol–water partition coefficient (Wildman–Crippen LogP) is 3.94. The first kappa shape index (κ1) is 21.5. The number of hydrogen-bond acceptors (Lipinski definition) is 3. The molecular weight excluding hydrogens is 334 g/mol. The normalized spacial score (nSPS) is 15.9. The number of hydrogen-bond donors (Lipinski definition) is 1. The van der Waals surface area contributed by atoms with Gasteiger partial charge in [0.15, 0.2) is 0 Å². The van der Waals surface area contributed by atoms with Crippen molar-refractivity contribution in [2.45, 2.75) is 58.0 Å². The molecule has 0 aromatic heterocycles. The molecule has 1 N–H and O–H groups in total. The van der Waals surface area contributed by atoms with Gasteiger partial charge in [-0.25, -0.2) is 0 Å². The van der Waals surface area contributed by atoms with Crippen LogP contribution in [-0.4, -0.2) is 35.0 Å². The quantitative estimate of drug-likeness (QED) is 0.581. The standard InChI is InChI=1S/C13H18F6O4/c1-11(2,3)23-10(22)7(4-5-12(14,15)16)8(9(20)21)6-13(17,18)19/h7-8H,4-6H2,1-3H3,(H,20,21). The van der Waals surface area contributed by atoms with E-state index in [0.29, 0.717) is 0 Å². The maximum absolute atomic E-state index is 12.5. The van der Waals surface area contributed by atoms with Gasteiger partial charge < -0.3 is 9.84 Å². The lowest BCUT2D eigenvalue weighted by molar-refractivity contribution is -0.182. The lowest BCUT2D eigenvalue weighted by atomic mass is 9.85. The van der Waals surface area contributed by atoms with E-state index >= 15 is 0 Å². The van der Waals surface area contributed by atoms with Gasteiger partial charge in [0.1, 0.15) is 5.60 Å². The molecule has 0 aromatic rings. The smallest absolute Gasteiger partial charge is 0.389 e. The molecule has 0 aliphatic rings. The molecule has 0 spiro atoms. The van der Waals surface area contributed by atoms with Crippen molar-refractivity contribution in [3.8, 4) is 0 Å². The van der Waals surface area contributed by atoms with Crippen LogP contribution < -0.4 is 0 Å². The maximum Gasteiger partial charge on any atom is 0.389 e. The molecule has 0 fully saturated rings. The molecule has 0 aliphatic heterocycles. The second-order valence-corrected chi connectivity index (χ2v) is 6.06. The zero-order valence-electron chi connectivity index (χ0n) is 12.7. The van der Waals surface area contributed by atoms with E-state index in [1.165, 1.54) is 20.8 Å². The second kappa shape index (κ2) is 7.39. The molecule has 0 rings (SSSR count). The number of alkyl halides is 6. The van der Waals surface area contributed by atoms with Crippen molar-refractivity contribution in [1.29, 1.82) is 0 Å². The first-order chi connectivity index (χ1) is 10.0. The number of halogens is 6. The number of carbonyl (C=O) groups is 2. The number of esters is 1. The fourth-order valence-corrected chi connectivity index (χ4v) is 1.83. The second-order valence-electron chi connectivity index (χ2n) is 6.06. The molecule has 0 amide bonds. The molecule has 0 heterocycles. The van der Waals surface area contributed by atoms with Gasteiger partial charge in [-0.2, -0.15) is 26.3 Å². The molecule has 4 nitrogen and oxygen atoms in total. The van der Waals surface area contributed by atoms with Crippen LogP contribution >= 0.6 is 0 Å². The van der Waals surface area contributed by atoms with Crippen molar-refractivity contribution in [3.63, 3.8) is 0 Å². The molecule has 2 unspecified atom stereocenters. The molecule has 0 saturated heterocycles. The number of carbonyl (C=O) groups excluding carboxylic acids is 1.